The molecule has 2 aromatic rings. The Hall–Kier alpha value is -1.87. The van der Waals surface area contributed by atoms with Gasteiger partial charge in [-0.25, -0.2) is 4.98 Å². The summed E-state index contributed by atoms with van der Waals surface area (Å²) in [5.41, 5.74) is 3.11. The van der Waals surface area contributed by atoms with E-state index in [1.54, 1.807) is 13.1 Å². The third-order valence-electron chi connectivity index (χ3n) is 3.06. The first-order valence-corrected chi connectivity index (χ1v) is 6.03. The number of rotatable bonds is 3. The highest BCUT2D eigenvalue weighted by Crippen LogP contribution is 2.30. The first-order chi connectivity index (χ1) is 8.61. The molecule has 0 bridgehead atoms. The first-order valence-electron chi connectivity index (χ1n) is 6.03. The van der Waals surface area contributed by atoms with Crippen molar-refractivity contribution < 1.29 is 5.11 Å². The van der Waals surface area contributed by atoms with Crippen LogP contribution in [0.2, 0.25) is 0 Å². The standard InChI is InChI=1S/C15H18N2O/c1-11-7-4-5-9-14(11)17(3)15-13(12(2)18)8-6-10-16-15/h4-10,12,18H,1-3H3/t12-/m0/s1. The minimum absolute atomic E-state index is 0.528. The maximum Gasteiger partial charge on any atom is 0.138 e. The second-order valence-corrected chi connectivity index (χ2v) is 4.44. The van der Waals surface area contributed by atoms with Gasteiger partial charge in [0.25, 0.3) is 0 Å². The van der Waals surface area contributed by atoms with Gasteiger partial charge in [0.1, 0.15) is 5.82 Å². The van der Waals surface area contributed by atoms with Crippen LogP contribution in [0.15, 0.2) is 42.6 Å². The molecule has 0 radical (unpaired) electrons. The van der Waals surface area contributed by atoms with Crippen LogP contribution in [0.25, 0.3) is 0 Å². The molecule has 1 aromatic heterocycles. The number of aliphatic hydroxyl groups excluding tert-OH is 1. The predicted molar refractivity (Wildman–Crippen MR) is 74.1 cm³/mol. The van der Waals surface area contributed by atoms with Crippen molar-refractivity contribution in [3.63, 3.8) is 0 Å². The van der Waals surface area contributed by atoms with Crippen molar-refractivity contribution in [2.75, 3.05) is 11.9 Å². The van der Waals surface area contributed by atoms with Gasteiger partial charge < -0.3 is 10.0 Å². The second kappa shape index (κ2) is 5.19. The summed E-state index contributed by atoms with van der Waals surface area (Å²) < 4.78 is 0. The molecule has 0 saturated heterocycles. The van der Waals surface area contributed by atoms with Gasteiger partial charge in [0.2, 0.25) is 0 Å². The van der Waals surface area contributed by atoms with Crippen LogP contribution in [0.1, 0.15) is 24.2 Å². The number of hydrogen-bond acceptors (Lipinski definition) is 3. The number of anilines is 2. The number of aromatic nitrogens is 1. The third-order valence-corrected chi connectivity index (χ3v) is 3.06. The average Bonchev–Trinajstić information content (AvgIpc) is 2.38. The lowest BCUT2D eigenvalue weighted by Gasteiger charge is -2.23. The van der Waals surface area contributed by atoms with Gasteiger partial charge in [0.05, 0.1) is 6.10 Å². The maximum atomic E-state index is 9.80. The minimum Gasteiger partial charge on any atom is -0.389 e. The zero-order valence-corrected chi connectivity index (χ0v) is 11.0. The van der Waals surface area contributed by atoms with Gasteiger partial charge in [-0.1, -0.05) is 24.3 Å². The Kier molecular flexibility index (Phi) is 3.63. The number of para-hydroxylation sites is 1. The van der Waals surface area contributed by atoms with E-state index in [2.05, 4.69) is 24.0 Å². The molecule has 0 aliphatic rings. The molecule has 1 N–H and O–H groups in total. The number of aliphatic hydroxyl groups is 1. The van der Waals surface area contributed by atoms with Gasteiger partial charge in [0.15, 0.2) is 0 Å². The quantitative estimate of drug-likeness (QED) is 0.897. The summed E-state index contributed by atoms with van der Waals surface area (Å²) in [5, 5.41) is 9.80. The van der Waals surface area contributed by atoms with Gasteiger partial charge >= 0.3 is 0 Å². The monoisotopic (exact) mass is 242 g/mol. The van der Waals surface area contributed by atoms with E-state index in [0.29, 0.717) is 0 Å². The molecule has 0 aliphatic heterocycles. The minimum atomic E-state index is -0.528. The fourth-order valence-corrected chi connectivity index (χ4v) is 2.07. The lowest BCUT2D eigenvalue weighted by atomic mass is 10.1. The lowest BCUT2D eigenvalue weighted by Crippen LogP contribution is -2.15. The van der Waals surface area contributed by atoms with E-state index in [-0.39, 0.29) is 0 Å². The molecule has 0 saturated carbocycles. The smallest absolute Gasteiger partial charge is 0.138 e. The molecule has 3 nitrogen and oxygen atoms in total. The number of benzene rings is 1. The Labute approximate surface area is 108 Å². The average molecular weight is 242 g/mol. The SMILES string of the molecule is Cc1ccccc1N(C)c1ncccc1[C@H](C)O. The Morgan fingerprint density at radius 3 is 2.56 bits per heavy atom. The molecule has 0 amide bonds. The molecule has 1 heterocycles. The van der Waals surface area contributed by atoms with Crippen LogP contribution >= 0.6 is 0 Å². The van der Waals surface area contributed by atoms with Crippen molar-refractivity contribution in [2.45, 2.75) is 20.0 Å². The molecule has 0 aliphatic carbocycles. The van der Waals surface area contributed by atoms with Crippen LogP contribution in [0.3, 0.4) is 0 Å². The molecule has 1 atom stereocenters. The van der Waals surface area contributed by atoms with E-state index in [1.807, 2.05) is 36.2 Å². The van der Waals surface area contributed by atoms with Crippen molar-refractivity contribution >= 4 is 11.5 Å². The first kappa shape index (κ1) is 12.6. The number of nitrogens with zero attached hydrogens (tertiary/aromatic N) is 2. The summed E-state index contributed by atoms with van der Waals surface area (Å²) in [5.74, 6) is 0.793. The number of pyridine rings is 1. The molecule has 18 heavy (non-hydrogen) atoms. The predicted octanol–water partition coefficient (Wildman–Crippen LogP) is 3.21. The Morgan fingerprint density at radius 2 is 1.89 bits per heavy atom. The summed E-state index contributed by atoms with van der Waals surface area (Å²) >= 11 is 0. The highest BCUT2D eigenvalue weighted by atomic mass is 16.3. The van der Waals surface area contributed by atoms with Crippen molar-refractivity contribution in [3.8, 4) is 0 Å². The van der Waals surface area contributed by atoms with Crippen LogP contribution in [-0.4, -0.2) is 17.1 Å². The van der Waals surface area contributed by atoms with E-state index in [4.69, 9.17) is 0 Å². The summed E-state index contributed by atoms with van der Waals surface area (Å²) in [6.45, 7) is 3.82. The highest BCUT2D eigenvalue weighted by molar-refractivity contribution is 5.65. The molecule has 3 heteroatoms. The zero-order valence-electron chi connectivity index (χ0n) is 11.0. The van der Waals surface area contributed by atoms with E-state index in [1.165, 1.54) is 5.56 Å². The zero-order chi connectivity index (χ0) is 13.1. The lowest BCUT2D eigenvalue weighted by molar-refractivity contribution is 0.199. The van der Waals surface area contributed by atoms with E-state index in [9.17, 15) is 5.11 Å². The van der Waals surface area contributed by atoms with Crippen LogP contribution in [0, 0.1) is 6.92 Å². The fourth-order valence-electron chi connectivity index (χ4n) is 2.07. The normalized spacial score (nSPS) is 12.2. The van der Waals surface area contributed by atoms with Crippen LogP contribution in [0.4, 0.5) is 11.5 Å². The van der Waals surface area contributed by atoms with E-state index < -0.39 is 6.10 Å². The van der Waals surface area contributed by atoms with Gasteiger partial charge in [-0.2, -0.15) is 0 Å². The fraction of sp³-hybridized carbons (Fsp3) is 0.267. The molecule has 0 unspecified atom stereocenters. The largest absolute Gasteiger partial charge is 0.389 e. The summed E-state index contributed by atoms with van der Waals surface area (Å²) in [7, 11) is 1.97. The van der Waals surface area contributed by atoms with E-state index in [0.717, 1.165) is 17.1 Å². The van der Waals surface area contributed by atoms with Crippen molar-refractivity contribution in [1.29, 1.82) is 0 Å². The molecule has 1 aromatic carbocycles. The summed E-state index contributed by atoms with van der Waals surface area (Å²) in [6, 6.07) is 11.9. The molecular formula is C15H18N2O. The molecule has 0 spiro atoms. The van der Waals surface area contributed by atoms with Crippen LogP contribution < -0.4 is 4.90 Å². The second-order valence-electron chi connectivity index (χ2n) is 4.44. The van der Waals surface area contributed by atoms with Gasteiger partial charge in [-0.15, -0.1) is 0 Å². The summed E-state index contributed by atoms with van der Waals surface area (Å²) in [6.07, 6.45) is 1.22. The highest BCUT2D eigenvalue weighted by Gasteiger charge is 2.14. The number of hydrogen-bond donors (Lipinski definition) is 1. The van der Waals surface area contributed by atoms with E-state index >= 15 is 0 Å². The third kappa shape index (κ3) is 2.36. The topological polar surface area (TPSA) is 36.4 Å². The Morgan fingerprint density at radius 1 is 1.17 bits per heavy atom. The molecule has 2 rings (SSSR count). The maximum absolute atomic E-state index is 9.80. The molecule has 94 valence electrons. The van der Waals surface area contributed by atoms with Crippen molar-refractivity contribution in [1.82, 2.24) is 4.98 Å². The van der Waals surface area contributed by atoms with Crippen molar-refractivity contribution in [2.24, 2.45) is 0 Å². The Bertz CT molecular complexity index is 538. The van der Waals surface area contributed by atoms with Gasteiger partial charge in [-0.05, 0) is 31.5 Å². The van der Waals surface area contributed by atoms with Crippen LogP contribution in [0.5, 0.6) is 0 Å². The molecule has 0 fully saturated rings. The van der Waals surface area contributed by atoms with Crippen molar-refractivity contribution in [3.05, 3.63) is 53.7 Å². The van der Waals surface area contributed by atoms with Gasteiger partial charge in [0, 0.05) is 24.5 Å². The Balaban J connectivity index is 2.46. The summed E-state index contributed by atoms with van der Waals surface area (Å²) in [4.78, 5) is 6.39. The van der Waals surface area contributed by atoms with Gasteiger partial charge in [-0.3, -0.25) is 0 Å². The number of aryl methyl sites for hydroxylation is 1. The van der Waals surface area contributed by atoms with Crippen LogP contribution in [-0.2, 0) is 0 Å². The molecular weight excluding hydrogens is 224 g/mol.